The second kappa shape index (κ2) is 9.79. The maximum absolute atomic E-state index is 12.7. The van der Waals surface area contributed by atoms with Gasteiger partial charge in [0.2, 0.25) is 11.8 Å². The molecule has 1 aromatic carbocycles. The van der Waals surface area contributed by atoms with Gasteiger partial charge in [-0.25, -0.2) is 4.98 Å². The van der Waals surface area contributed by atoms with Gasteiger partial charge in [0, 0.05) is 37.9 Å². The van der Waals surface area contributed by atoms with Gasteiger partial charge in [-0.3, -0.25) is 9.59 Å². The van der Waals surface area contributed by atoms with E-state index in [9.17, 15) is 9.59 Å². The third-order valence-corrected chi connectivity index (χ3v) is 5.74. The molecule has 9 heteroatoms. The Morgan fingerprint density at radius 1 is 1.23 bits per heavy atom. The Hall–Kier alpha value is -2.82. The number of nitrogens with zero attached hydrogens (tertiary/aromatic N) is 4. The molecule has 0 radical (unpaired) electrons. The number of carbonyl (C=O) groups is 2. The number of aromatic nitrogens is 1. The van der Waals surface area contributed by atoms with E-state index in [2.05, 4.69) is 21.3 Å². The van der Waals surface area contributed by atoms with E-state index in [1.54, 1.807) is 37.5 Å². The first-order chi connectivity index (χ1) is 14.4. The lowest BCUT2D eigenvalue weighted by molar-refractivity contribution is -0.137. The molecule has 1 aliphatic rings. The minimum absolute atomic E-state index is 0.0452. The summed E-state index contributed by atoms with van der Waals surface area (Å²) in [4.78, 5) is 32.9. The van der Waals surface area contributed by atoms with Crippen molar-refractivity contribution in [1.29, 1.82) is 5.26 Å². The van der Waals surface area contributed by atoms with Crippen LogP contribution in [-0.4, -0.2) is 48.4 Å². The molecule has 2 heterocycles. The molecular formula is C21H21Cl2N5O2. The van der Waals surface area contributed by atoms with Crippen molar-refractivity contribution in [1.82, 2.24) is 9.88 Å². The largest absolute Gasteiger partial charge is 0.357 e. The Labute approximate surface area is 185 Å². The van der Waals surface area contributed by atoms with Crippen LogP contribution in [0.5, 0.6) is 0 Å². The summed E-state index contributed by atoms with van der Waals surface area (Å²) in [6.07, 6.45) is 2.91. The molecule has 1 fully saturated rings. The minimum atomic E-state index is -0.302. The quantitative estimate of drug-likeness (QED) is 0.759. The fraction of sp³-hybridized carbons (Fsp3) is 0.333. The highest BCUT2D eigenvalue weighted by Crippen LogP contribution is 2.25. The lowest BCUT2D eigenvalue weighted by Crippen LogP contribution is -2.43. The number of anilines is 2. The van der Waals surface area contributed by atoms with Crippen molar-refractivity contribution in [3.8, 4) is 6.07 Å². The van der Waals surface area contributed by atoms with Crippen LogP contribution in [0, 0.1) is 17.2 Å². The van der Waals surface area contributed by atoms with Crippen molar-refractivity contribution in [3.63, 3.8) is 0 Å². The standard InChI is InChI=1S/C21H21Cl2N5O2/c1-27(13-20(29)26-16-3-4-17(22)18(23)10-16)21(30)15-6-8-28(9-7-15)19-5-2-14(11-24)12-25-19/h2-5,10,12,15H,6-9,13H2,1H3,(H,26,29). The summed E-state index contributed by atoms with van der Waals surface area (Å²) in [5, 5.41) is 12.3. The van der Waals surface area contributed by atoms with Crippen LogP contribution < -0.4 is 10.2 Å². The van der Waals surface area contributed by atoms with Gasteiger partial charge in [0.25, 0.3) is 0 Å². The van der Waals surface area contributed by atoms with Gasteiger partial charge in [-0.2, -0.15) is 5.26 Å². The van der Waals surface area contributed by atoms with E-state index >= 15 is 0 Å². The molecule has 156 valence electrons. The third kappa shape index (κ3) is 5.41. The molecule has 3 rings (SSSR count). The first kappa shape index (κ1) is 21.9. The number of benzene rings is 1. The van der Waals surface area contributed by atoms with E-state index < -0.39 is 0 Å². The van der Waals surface area contributed by atoms with E-state index in [-0.39, 0.29) is 24.3 Å². The number of likely N-dealkylation sites (N-methyl/N-ethyl adjacent to an activating group) is 1. The number of pyridine rings is 1. The maximum Gasteiger partial charge on any atom is 0.243 e. The zero-order valence-electron chi connectivity index (χ0n) is 16.4. The Bertz CT molecular complexity index is 966. The second-order valence-electron chi connectivity index (χ2n) is 7.15. The number of nitriles is 1. The SMILES string of the molecule is CN(CC(=O)Nc1ccc(Cl)c(Cl)c1)C(=O)C1CCN(c2ccc(C#N)cn2)CC1. The summed E-state index contributed by atoms with van der Waals surface area (Å²) in [6.45, 7) is 1.34. The zero-order valence-corrected chi connectivity index (χ0v) is 18.0. The van der Waals surface area contributed by atoms with Crippen molar-refractivity contribution in [3.05, 3.63) is 52.1 Å². The van der Waals surface area contributed by atoms with Gasteiger partial charge in [-0.05, 0) is 43.2 Å². The third-order valence-electron chi connectivity index (χ3n) is 5.01. The van der Waals surface area contributed by atoms with Gasteiger partial charge < -0.3 is 15.1 Å². The summed E-state index contributed by atoms with van der Waals surface area (Å²) in [7, 11) is 1.63. The van der Waals surface area contributed by atoms with Crippen molar-refractivity contribution >= 4 is 46.5 Å². The Morgan fingerprint density at radius 3 is 2.57 bits per heavy atom. The molecule has 0 unspecified atom stereocenters. The maximum atomic E-state index is 12.7. The summed E-state index contributed by atoms with van der Waals surface area (Å²) in [6, 6.07) is 10.4. The van der Waals surface area contributed by atoms with E-state index in [4.69, 9.17) is 28.5 Å². The second-order valence-corrected chi connectivity index (χ2v) is 7.96. The van der Waals surface area contributed by atoms with Crippen molar-refractivity contribution in [2.45, 2.75) is 12.8 Å². The molecule has 7 nitrogen and oxygen atoms in total. The zero-order chi connectivity index (χ0) is 21.7. The average Bonchev–Trinajstić information content (AvgIpc) is 2.76. The van der Waals surface area contributed by atoms with E-state index in [1.165, 1.54) is 4.90 Å². The average molecular weight is 446 g/mol. The van der Waals surface area contributed by atoms with Crippen LogP contribution in [0.15, 0.2) is 36.5 Å². The molecule has 0 bridgehead atoms. The summed E-state index contributed by atoms with van der Waals surface area (Å²) in [5.74, 6) is 0.312. The number of rotatable bonds is 5. The fourth-order valence-electron chi connectivity index (χ4n) is 3.37. The highest BCUT2D eigenvalue weighted by molar-refractivity contribution is 6.42. The highest BCUT2D eigenvalue weighted by Gasteiger charge is 2.28. The van der Waals surface area contributed by atoms with E-state index in [0.29, 0.717) is 47.2 Å². The first-order valence-electron chi connectivity index (χ1n) is 9.48. The molecule has 1 N–H and O–H groups in total. The molecule has 1 aliphatic heterocycles. The molecule has 2 amide bonds. The van der Waals surface area contributed by atoms with Gasteiger partial charge in [-0.1, -0.05) is 23.2 Å². The monoisotopic (exact) mass is 445 g/mol. The van der Waals surface area contributed by atoms with Gasteiger partial charge in [-0.15, -0.1) is 0 Å². The Morgan fingerprint density at radius 2 is 1.97 bits per heavy atom. The molecule has 0 saturated carbocycles. The number of amides is 2. The summed E-state index contributed by atoms with van der Waals surface area (Å²) >= 11 is 11.8. The smallest absolute Gasteiger partial charge is 0.243 e. The number of halogens is 2. The number of carbonyl (C=O) groups excluding carboxylic acids is 2. The van der Waals surface area contributed by atoms with E-state index in [0.717, 1.165) is 5.82 Å². The van der Waals surface area contributed by atoms with Crippen LogP contribution in [-0.2, 0) is 9.59 Å². The van der Waals surface area contributed by atoms with Crippen LogP contribution in [0.2, 0.25) is 10.0 Å². The lowest BCUT2D eigenvalue weighted by Gasteiger charge is -2.33. The van der Waals surface area contributed by atoms with Gasteiger partial charge in [0.1, 0.15) is 11.9 Å². The molecule has 1 saturated heterocycles. The molecule has 30 heavy (non-hydrogen) atoms. The topological polar surface area (TPSA) is 89.3 Å². The number of hydrogen-bond donors (Lipinski definition) is 1. The molecule has 0 aliphatic carbocycles. The van der Waals surface area contributed by atoms with Crippen LogP contribution in [0.3, 0.4) is 0 Å². The predicted octanol–water partition coefficient (Wildman–Crippen LogP) is 3.57. The summed E-state index contributed by atoms with van der Waals surface area (Å²) in [5.41, 5.74) is 1.04. The summed E-state index contributed by atoms with van der Waals surface area (Å²) < 4.78 is 0. The Kier molecular flexibility index (Phi) is 7.14. The van der Waals surface area contributed by atoms with Gasteiger partial charge >= 0.3 is 0 Å². The molecule has 1 aromatic heterocycles. The van der Waals surface area contributed by atoms with Crippen LogP contribution in [0.4, 0.5) is 11.5 Å². The van der Waals surface area contributed by atoms with Crippen LogP contribution >= 0.6 is 23.2 Å². The molecular weight excluding hydrogens is 425 g/mol. The number of piperidine rings is 1. The van der Waals surface area contributed by atoms with Crippen molar-refractivity contribution < 1.29 is 9.59 Å². The minimum Gasteiger partial charge on any atom is -0.357 e. The normalized spacial score (nSPS) is 14.1. The van der Waals surface area contributed by atoms with E-state index in [1.807, 2.05) is 6.07 Å². The fourth-order valence-corrected chi connectivity index (χ4v) is 3.67. The highest BCUT2D eigenvalue weighted by atomic mass is 35.5. The van der Waals surface area contributed by atoms with Crippen LogP contribution in [0.25, 0.3) is 0 Å². The van der Waals surface area contributed by atoms with Crippen molar-refractivity contribution in [2.75, 3.05) is 36.9 Å². The lowest BCUT2D eigenvalue weighted by atomic mass is 9.95. The molecule has 0 spiro atoms. The molecule has 2 aromatic rings. The van der Waals surface area contributed by atoms with Gasteiger partial charge in [0.05, 0.1) is 22.2 Å². The first-order valence-corrected chi connectivity index (χ1v) is 10.2. The van der Waals surface area contributed by atoms with Crippen LogP contribution in [0.1, 0.15) is 18.4 Å². The Balaban J connectivity index is 1.49. The van der Waals surface area contributed by atoms with Crippen molar-refractivity contribution in [2.24, 2.45) is 5.92 Å². The molecule has 0 atom stereocenters. The van der Waals surface area contributed by atoms with Gasteiger partial charge in [0.15, 0.2) is 0 Å². The predicted molar refractivity (Wildman–Crippen MR) is 117 cm³/mol. The number of hydrogen-bond acceptors (Lipinski definition) is 5. The number of nitrogens with one attached hydrogen (secondary N) is 1.